The standard InChI is InChI=1S/C27H54O2/c1-3-5-7-8-12-15-19-23-26(22-18-6-4-2)24-20-16-13-10-9-11-14-17-21-25-27(28)29/h26H,3-25H2,1-2H3,(H,28,29). The van der Waals surface area contributed by atoms with Crippen molar-refractivity contribution in [1.82, 2.24) is 0 Å². The molecule has 29 heavy (non-hydrogen) atoms. The Kier molecular flexibility index (Phi) is 23.3. The van der Waals surface area contributed by atoms with Crippen LogP contribution >= 0.6 is 0 Å². The Morgan fingerprint density at radius 1 is 0.517 bits per heavy atom. The molecule has 1 atom stereocenters. The molecule has 0 amide bonds. The summed E-state index contributed by atoms with van der Waals surface area (Å²) < 4.78 is 0. The quantitative estimate of drug-likeness (QED) is 0.161. The maximum absolute atomic E-state index is 10.5. The molecule has 0 aliphatic rings. The smallest absolute Gasteiger partial charge is 0.303 e. The fraction of sp³-hybridized carbons (Fsp3) is 0.963. The van der Waals surface area contributed by atoms with E-state index in [0.717, 1.165) is 18.8 Å². The van der Waals surface area contributed by atoms with Crippen molar-refractivity contribution < 1.29 is 9.90 Å². The lowest BCUT2D eigenvalue weighted by atomic mass is 9.89. The molecule has 0 aromatic heterocycles. The van der Waals surface area contributed by atoms with Crippen molar-refractivity contribution in [2.45, 2.75) is 162 Å². The molecule has 0 radical (unpaired) electrons. The molecule has 2 nitrogen and oxygen atoms in total. The summed E-state index contributed by atoms with van der Waals surface area (Å²) in [6.45, 7) is 4.61. The summed E-state index contributed by atoms with van der Waals surface area (Å²) in [4.78, 5) is 10.5. The molecule has 0 aliphatic heterocycles. The summed E-state index contributed by atoms with van der Waals surface area (Å²) >= 11 is 0. The van der Waals surface area contributed by atoms with E-state index >= 15 is 0 Å². The minimum Gasteiger partial charge on any atom is -0.481 e. The van der Waals surface area contributed by atoms with E-state index in [1.807, 2.05) is 0 Å². The topological polar surface area (TPSA) is 37.3 Å². The second kappa shape index (κ2) is 23.7. The molecule has 1 N–H and O–H groups in total. The van der Waals surface area contributed by atoms with Gasteiger partial charge in [-0.25, -0.2) is 0 Å². The van der Waals surface area contributed by atoms with Gasteiger partial charge in [-0.1, -0.05) is 149 Å². The normalized spacial score (nSPS) is 12.3. The fourth-order valence-electron chi connectivity index (χ4n) is 4.45. The first-order valence-electron chi connectivity index (χ1n) is 13.4. The molecular formula is C27H54O2. The van der Waals surface area contributed by atoms with E-state index in [1.54, 1.807) is 0 Å². The highest BCUT2D eigenvalue weighted by atomic mass is 16.4. The largest absolute Gasteiger partial charge is 0.481 e. The zero-order valence-corrected chi connectivity index (χ0v) is 20.2. The van der Waals surface area contributed by atoms with E-state index < -0.39 is 5.97 Å². The molecular weight excluding hydrogens is 356 g/mol. The summed E-state index contributed by atoms with van der Waals surface area (Å²) in [5.74, 6) is 0.344. The molecule has 0 aromatic rings. The van der Waals surface area contributed by atoms with Crippen molar-refractivity contribution in [3.05, 3.63) is 0 Å². The van der Waals surface area contributed by atoms with Crippen molar-refractivity contribution in [3.63, 3.8) is 0 Å². The number of aliphatic carboxylic acids is 1. The Morgan fingerprint density at radius 2 is 0.828 bits per heavy atom. The van der Waals surface area contributed by atoms with Gasteiger partial charge in [0.1, 0.15) is 0 Å². The summed E-state index contributed by atoms with van der Waals surface area (Å²) in [6, 6.07) is 0. The van der Waals surface area contributed by atoms with Crippen molar-refractivity contribution in [2.75, 3.05) is 0 Å². The zero-order chi connectivity index (χ0) is 21.4. The molecule has 0 fully saturated rings. The highest BCUT2D eigenvalue weighted by Crippen LogP contribution is 2.24. The van der Waals surface area contributed by atoms with Crippen LogP contribution in [0, 0.1) is 5.92 Å². The van der Waals surface area contributed by atoms with Crippen LogP contribution < -0.4 is 0 Å². The minimum absolute atomic E-state index is 0.346. The monoisotopic (exact) mass is 410 g/mol. The molecule has 0 saturated heterocycles. The van der Waals surface area contributed by atoms with Gasteiger partial charge >= 0.3 is 5.97 Å². The molecule has 1 unspecified atom stereocenters. The maximum Gasteiger partial charge on any atom is 0.303 e. The van der Waals surface area contributed by atoms with Gasteiger partial charge in [0.05, 0.1) is 0 Å². The molecule has 0 aliphatic carbocycles. The van der Waals surface area contributed by atoms with E-state index in [4.69, 9.17) is 5.11 Å². The van der Waals surface area contributed by atoms with E-state index in [0.29, 0.717) is 6.42 Å². The average molecular weight is 411 g/mol. The Bertz CT molecular complexity index is 326. The summed E-state index contributed by atoms with van der Waals surface area (Å²) in [6.07, 6.45) is 30.4. The number of unbranched alkanes of at least 4 members (excludes halogenated alkanes) is 16. The van der Waals surface area contributed by atoms with Crippen molar-refractivity contribution in [2.24, 2.45) is 5.92 Å². The Balaban J connectivity index is 3.60. The summed E-state index contributed by atoms with van der Waals surface area (Å²) in [5.41, 5.74) is 0. The van der Waals surface area contributed by atoms with Gasteiger partial charge in [-0.05, 0) is 12.3 Å². The van der Waals surface area contributed by atoms with Crippen LogP contribution in [0.1, 0.15) is 162 Å². The van der Waals surface area contributed by atoms with E-state index in [9.17, 15) is 4.79 Å². The first-order valence-corrected chi connectivity index (χ1v) is 13.4. The lowest BCUT2D eigenvalue weighted by Gasteiger charge is -2.17. The van der Waals surface area contributed by atoms with E-state index in [2.05, 4.69) is 13.8 Å². The molecule has 2 heteroatoms. The second-order valence-electron chi connectivity index (χ2n) is 9.39. The number of carboxylic acids is 1. The summed E-state index contributed by atoms with van der Waals surface area (Å²) in [7, 11) is 0. The Labute approximate surface area is 183 Å². The van der Waals surface area contributed by atoms with Gasteiger partial charge in [0.15, 0.2) is 0 Å². The van der Waals surface area contributed by atoms with Crippen LogP contribution in [0.5, 0.6) is 0 Å². The number of carbonyl (C=O) groups is 1. The number of hydrogen-bond donors (Lipinski definition) is 1. The van der Waals surface area contributed by atoms with Gasteiger partial charge in [-0.3, -0.25) is 4.79 Å². The molecule has 0 aromatic carbocycles. The first-order chi connectivity index (χ1) is 14.2. The van der Waals surface area contributed by atoms with Crippen LogP contribution in [0.2, 0.25) is 0 Å². The van der Waals surface area contributed by atoms with Gasteiger partial charge in [0.2, 0.25) is 0 Å². The third-order valence-corrected chi connectivity index (χ3v) is 6.43. The second-order valence-corrected chi connectivity index (χ2v) is 9.39. The lowest BCUT2D eigenvalue weighted by molar-refractivity contribution is -0.137. The highest BCUT2D eigenvalue weighted by Gasteiger charge is 2.08. The number of carboxylic acid groups (broad SMARTS) is 1. The number of hydrogen-bond acceptors (Lipinski definition) is 1. The van der Waals surface area contributed by atoms with Gasteiger partial charge < -0.3 is 5.11 Å². The molecule has 0 saturated carbocycles. The molecule has 0 bridgehead atoms. The first kappa shape index (κ1) is 28.5. The van der Waals surface area contributed by atoms with E-state index in [1.165, 1.54) is 128 Å². The predicted molar refractivity (Wildman–Crippen MR) is 129 cm³/mol. The number of rotatable bonds is 24. The van der Waals surface area contributed by atoms with E-state index in [-0.39, 0.29) is 0 Å². The van der Waals surface area contributed by atoms with Crippen molar-refractivity contribution in [1.29, 1.82) is 0 Å². The Morgan fingerprint density at radius 3 is 1.24 bits per heavy atom. The van der Waals surface area contributed by atoms with Crippen LogP contribution in [0.3, 0.4) is 0 Å². The Hall–Kier alpha value is -0.530. The van der Waals surface area contributed by atoms with Crippen LogP contribution in [-0.4, -0.2) is 11.1 Å². The minimum atomic E-state index is -0.648. The molecule has 174 valence electrons. The van der Waals surface area contributed by atoms with Crippen LogP contribution in [0.25, 0.3) is 0 Å². The fourth-order valence-corrected chi connectivity index (χ4v) is 4.45. The predicted octanol–water partition coefficient (Wildman–Crippen LogP) is 9.70. The van der Waals surface area contributed by atoms with Gasteiger partial charge in [-0.2, -0.15) is 0 Å². The zero-order valence-electron chi connectivity index (χ0n) is 20.2. The third kappa shape index (κ3) is 23.6. The molecule has 0 rings (SSSR count). The van der Waals surface area contributed by atoms with Crippen LogP contribution in [0.4, 0.5) is 0 Å². The van der Waals surface area contributed by atoms with Crippen molar-refractivity contribution in [3.8, 4) is 0 Å². The lowest BCUT2D eigenvalue weighted by Crippen LogP contribution is -2.01. The average Bonchev–Trinajstić information content (AvgIpc) is 2.70. The third-order valence-electron chi connectivity index (χ3n) is 6.43. The van der Waals surface area contributed by atoms with Crippen LogP contribution in [0.15, 0.2) is 0 Å². The molecule has 0 heterocycles. The highest BCUT2D eigenvalue weighted by molar-refractivity contribution is 5.66. The van der Waals surface area contributed by atoms with Crippen molar-refractivity contribution >= 4 is 5.97 Å². The SMILES string of the molecule is CCCCCCCCCC(CCCCC)CCCCCCCCCCCC(=O)O. The van der Waals surface area contributed by atoms with Gasteiger partial charge in [0.25, 0.3) is 0 Å². The van der Waals surface area contributed by atoms with Gasteiger partial charge in [-0.15, -0.1) is 0 Å². The van der Waals surface area contributed by atoms with Gasteiger partial charge in [0, 0.05) is 6.42 Å². The summed E-state index contributed by atoms with van der Waals surface area (Å²) in [5, 5.41) is 8.64. The molecule has 0 spiro atoms. The maximum atomic E-state index is 10.5. The van der Waals surface area contributed by atoms with Crippen LogP contribution in [-0.2, 0) is 4.79 Å².